The average molecular weight is 489 g/mol. The van der Waals surface area contributed by atoms with Crippen LogP contribution in [-0.4, -0.2) is 31.4 Å². The van der Waals surface area contributed by atoms with E-state index in [1.165, 1.54) is 24.3 Å². The number of oxime groups is 1. The van der Waals surface area contributed by atoms with Crippen molar-refractivity contribution >= 4 is 33.0 Å². The monoisotopic (exact) mass is 488 g/mol. The van der Waals surface area contributed by atoms with Gasteiger partial charge in [-0.15, -0.1) is 0 Å². The van der Waals surface area contributed by atoms with Crippen LogP contribution < -0.4 is 0 Å². The number of carbonyl (C=O) groups excluding carboxylic acids is 2. The van der Waals surface area contributed by atoms with Gasteiger partial charge in [-0.1, -0.05) is 61.0 Å². The zero-order valence-electron chi connectivity index (χ0n) is 19.8. The zero-order chi connectivity index (χ0) is 25.3. The Kier molecular flexibility index (Phi) is 6.49. The number of hydrogen-bond acceptors (Lipinski definition) is 6. The molecule has 2 aliphatic rings. The van der Waals surface area contributed by atoms with Crippen molar-refractivity contribution in [2.24, 2.45) is 15.5 Å². The summed E-state index contributed by atoms with van der Waals surface area (Å²) in [4.78, 5) is 30.8. The Morgan fingerprint density at radius 2 is 1.49 bits per heavy atom. The molecule has 0 atom stereocenters. The van der Waals surface area contributed by atoms with Crippen LogP contribution in [0.2, 0.25) is 0 Å². The van der Waals surface area contributed by atoms with Gasteiger partial charge in [0.2, 0.25) is 11.5 Å². The summed E-state index contributed by atoms with van der Waals surface area (Å²) in [6, 6.07) is 12.9. The van der Waals surface area contributed by atoms with Crippen LogP contribution in [-0.2, 0) is 19.7 Å². The second kappa shape index (κ2) is 9.38. The maximum atomic E-state index is 13.1. The fourth-order valence-electron chi connectivity index (χ4n) is 3.67. The number of ketones is 2. The lowest BCUT2D eigenvalue weighted by atomic mass is 9.90. The van der Waals surface area contributed by atoms with Gasteiger partial charge in [-0.25, -0.2) is 0 Å². The van der Waals surface area contributed by atoms with Gasteiger partial charge in [0.05, 0.1) is 10.6 Å². The highest BCUT2D eigenvalue weighted by atomic mass is 32.2. The zero-order valence-corrected chi connectivity index (χ0v) is 20.6. The van der Waals surface area contributed by atoms with E-state index in [0.717, 1.165) is 5.56 Å². The van der Waals surface area contributed by atoms with Gasteiger partial charge in [-0.05, 0) is 49.6 Å². The first kappa shape index (κ1) is 24.2. The molecule has 0 aromatic heterocycles. The first-order chi connectivity index (χ1) is 16.6. The molecule has 0 fully saturated rings. The summed E-state index contributed by atoms with van der Waals surface area (Å²) in [5.41, 5.74) is 3.22. The second-order valence-electron chi connectivity index (χ2n) is 8.66. The molecular weight excluding hydrogens is 464 g/mol. The predicted octanol–water partition coefficient (Wildman–Crippen LogP) is 4.74. The molecule has 8 heteroatoms. The minimum absolute atomic E-state index is 0.00910. The third-order valence-electron chi connectivity index (χ3n) is 5.67. The summed E-state index contributed by atoms with van der Waals surface area (Å²) < 4.78 is 30.0. The quantitative estimate of drug-likeness (QED) is 0.447. The smallest absolute Gasteiger partial charge is 0.282 e. The summed E-state index contributed by atoms with van der Waals surface area (Å²) in [5.74, 6) is -0.712. The van der Waals surface area contributed by atoms with Gasteiger partial charge in [0.1, 0.15) is 5.71 Å². The number of nitrogens with zero attached hydrogens (tertiary/aromatic N) is 2. The van der Waals surface area contributed by atoms with E-state index in [1.54, 1.807) is 49.4 Å². The molecule has 2 aromatic carbocycles. The van der Waals surface area contributed by atoms with Crippen molar-refractivity contribution in [2.75, 3.05) is 0 Å². The van der Waals surface area contributed by atoms with Gasteiger partial charge in [0.15, 0.2) is 5.78 Å². The van der Waals surface area contributed by atoms with Crippen LogP contribution in [0.3, 0.4) is 0 Å². The molecule has 0 spiro atoms. The van der Waals surface area contributed by atoms with Gasteiger partial charge in [-0.2, -0.15) is 12.8 Å². The van der Waals surface area contributed by atoms with Crippen molar-refractivity contribution in [1.82, 2.24) is 0 Å². The van der Waals surface area contributed by atoms with Crippen molar-refractivity contribution in [3.05, 3.63) is 100 Å². The maximum absolute atomic E-state index is 13.1. The third kappa shape index (κ3) is 4.97. The number of hydrogen-bond donors (Lipinski definition) is 0. The highest BCUT2D eigenvalue weighted by Crippen LogP contribution is 2.26. The third-order valence-corrected chi connectivity index (χ3v) is 6.97. The first-order valence-corrected chi connectivity index (χ1v) is 12.5. The van der Waals surface area contributed by atoms with Crippen molar-refractivity contribution in [3.8, 4) is 0 Å². The molecule has 35 heavy (non-hydrogen) atoms. The van der Waals surface area contributed by atoms with Crippen LogP contribution in [0.1, 0.15) is 42.3 Å². The Labute approximate surface area is 204 Å². The number of aryl methyl sites for hydroxylation is 1. The van der Waals surface area contributed by atoms with Crippen LogP contribution in [0.5, 0.6) is 0 Å². The molecule has 0 N–H and O–H groups in total. The van der Waals surface area contributed by atoms with Crippen molar-refractivity contribution in [2.45, 2.75) is 32.6 Å². The van der Waals surface area contributed by atoms with E-state index in [-0.39, 0.29) is 33.6 Å². The Balaban J connectivity index is 1.76. The van der Waals surface area contributed by atoms with E-state index in [1.807, 2.05) is 20.8 Å². The Hall–Kier alpha value is -3.91. The summed E-state index contributed by atoms with van der Waals surface area (Å²) in [6.07, 6.45) is 4.40. The summed E-state index contributed by atoms with van der Waals surface area (Å²) in [6.45, 7) is 7.38. The van der Waals surface area contributed by atoms with Crippen molar-refractivity contribution in [3.63, 3.8) is 0 Å². The number of benzene rings is 2. The largest absolute Gasteiger partial charge is 0.352 e. The van der Waals surface area contributed by atoms with E-state index in [9.17, 15) is 18.0 Å². The van der Waals surface area contributed by atoms with Crippen LogP contribution in [0.4, 0.5) is 0 Å². The van der Waals surface area contributed by atoms with E-state index in [2.05, 4.69) is 9.55 Å². The minimum atomic E-state index is -4.04. The van der Waals surface area contributed by atoms with E-state index >= 15 is 0 Å². The molecule has 7 nitrogen and oxygen atoms in total. The molecule has 4 rings (SSSR count). The number of rotatable bonds is 5. The predicted molar refractivity (Wildman–Crippen MR) is 134 cm³/mol. The maximum Gasteiger partial charge on any atom is 0.282 e. The molecule has 0 radical (unpaired) electrons. The summed E-state index contributed by atoms with van der Waals surface area (Å²) >= 11 is 0. The molecule has 2 aromatic rings. The van der Waals surface area contributed by atoms with Gasteiger partial charge in [-0.3, -0.25) is 9.59 Å². The molecule has 0 heterocycles. The van der Waals surface area contributed by atoms with E-state index in [0.29, 0.717) is 22.4 Å². The first-order valence-electron chi connectivity index (χ1n) is 11.0. The fourth-order valence-corrected chi connectivity index (χ4v) is 4.67. The number of Topliss-reactive ketones (excluding diaryl/α,β-unsaturated/α-hetero) is 1. The normalized spacial score (nSPS) is 18.4. The van der Waals surface area contributed by atoms with Crippen molar-refractivity contribution < 1.29 is 22.8 Å². The van der Waals surface area contributed by atoms with Crippen molar-refractivity contribution in [1.29, 1.82) is 0 Å². The molecule has 0 saturated carbocycles. The Morgan fingerprint density at radius 3 is 2.14 bits per heavy atom. The highest BCUT2D eigenvalue weighted by molar-refractivity contribution is 7.90. The standard InChI is InChI=1S/C27H24N2O5S/c1-16(2)22-14-23(18(4)13-25(22)30)28-34-26-15-24(20-7-5-6-8-21(20)27(26)31)29-35(32,33)19-11-9-17(3)10-12-19/h5-16H,1-4H3/b28-23-,29-24?. The number of sulfonamides is 1. The van der Waals surface area contributed by atoms with Crippen LogP contribution in [0.25, 0.3) is 0 Å². The van der Waals surface area contributed by atoms with E-state index < -0.39 is 15.8 Å². The Bertz CT molecular complexity index is 1490. The van der Waals surface area contributed by atoms with E-state index in [4.69, 9.17) is 4.84 Å². The molecule has 0 aliphatic heterocycles. The molecule has 2 aliphatic carbocycles. The molecule has 0 saturated heterocycles. The molecule has 0 bridgehead atoms. The Morgan fingerprint density at radius 1 is 0.829 bits per heavy atom. The van der Waals surface area contributed by atoms with Gasteiger partial charge >= 0.3 is 0 Å². The van der Waals surface area contributed by atoms with Gasteiger partial charge < -0.3 is 4.84 Å². The minimum Gasteiger partial charge on any atom is -0.352 e. The summed E-state index contributed by atoms with van der Waals surface area (Å²) in [5, 5.41) is 4.10. The second-order valence-corrected chi connectivity index (χ2v) is 10.3. The lowest BCUT2D eigenvalue weighted by Gasteiger charge is -2.17. The number of carbonyl (C=O) groups is 2. The van der Waals surface area contributed by atoms with Crippen LogP contribution >= 0.6 is 0 Å². The van der Waals surface area contributed by atoms with Crippen LogP contribution in [0, 0.1) is 12.8 Å². The highest BCUT2D eigenvalue weighted by Gasteiger charge is 2.28. The number of fused-ring (bicyclic) bond motifs is 1. The van der Waals surface area contributed by atoms with Crippen LogP contribution in [0.15, 0.2) is 98.1 Å². The van der Waals surface area contributed by atoms with Gasteiger partial charge in [0.25, 0.3) is 10.0 Å². The molecule has 0 unspecified atom stereocenters. The summed E-state index contributed by atoms with van der Waals surface area (Å²) in [7, 11) is -4.04. The lowest BCUT2D eigenvalue weighted by molar-refractivity contribution is -0.111. The fraction of sp³-hybridized carbons (Fsp3) is 0.185. The topological polar surface area (TPSA) is 102 Å². The molecule has 0 amide bonds. The SMILES string of the molecule is CC1=CC(=O)C(C(C)C)=C/C1=N/OC1=CC(=NS(=O)(=O)c2ccc(C)cc2)c2ccccc2C1=O. The lowest BCUT2D eigenvalue weighted by Crippen LogP contribution is -2.20. The number of allylic oxidation sites excluding steroid dienone is 6. The van der Waals surface area contributed by atoms with Gasteiger partial charge in [0, 0.05) is 22.8 Å². The molecule has 178 valence electrons. The average Bonchev–Trinajstić information content (AvgIpc) is 2.81. The molecular formula is C27H24N2O5S.